The lowest BCUT2D eigenvalue weighted by Crippen LogP contribution is -2.03. The Hall–Kier alpha value is -1.29. The van der Waals surface area contributed by atoms with E-state index in [4.69, 9.17) is 0 Å². The molecule has 84 valence electrons. The number of aromatic nitrogens is 2. The molecule has 0 bridgehead atoms. The first-order valence-corrected chi connectivity index (χ1v) is 6.14. The van der Waals surface area contributed by atoms with E-state index in [1.54, 1.807) is 18.7 Å². The molecule has 16 heavy (non-hydrogen) atoms. The highest BCUT2D eigenvalue weighted by atomic mass is 32.2. The highest BCUT2D eigenvalue weighted by molar-refractivity contribution is 7.99. The molecule has 1 aromatic heterocycles. The van der Waals surface area contributed by atoms with Crippen molar-refractivity contribution in [2.45, 2.75) is 30.7 Å². The summed E-state index contributed by atoms with van der Waals surface area (Å²) in [5.74, 6) is 0.219. The SMILES string of the molecule is CC(=O)CC(C)Sc1nc2ccccc2[nH]1. The van der Waals surface area contributed by atoms with Gasteiger partial charge in [0.25, 0.3) is 0 Å². The average molecular weight is 234 g/mol. The summed E-state index contributed by atoms with van der Waals surface area (Å²) in [6.07, 6.45) is 0.585. The number of aromatic amines is 1. The third-order valence-electron chi connectivity index (χ3n) is 2.26. The van der Waals surface area contributed by atoms with Gasteiger partial charge in [-0.15, -0.1) is 0 Å². The fraction of sp³-hybridized carbons (Fsp3) is 0.333. The highest BCUT2D eigenvalue weighted by Crippen LogP contribution is 2.24. The molecule has 0 radical (unpaired) electrons. The van der Waals surface area contributed by atoms with Gasteiger partial charge in [-0.1, -0.05) is 30.8 Å². The van der Waals surface area contributed by atoms with Crippen molar-refractivity contribution >= 4 is 28.6 Å². The lowest BCUT2D eigenvalue weighted by atomic mass is 10.2. The van der Waals surface area contributed by atoms with Crippen LogP contribution in [0.1, 0.15) is 20.3 Å². The first-order valence-electron chi connectivity index (χ1n) is 5.26. The van der Waals surface area contributed by atoms with Crippen molar-refractivity contribution in [2.75, 3.05) is 0 Å². The summed E-state index contributed by atoms with van der Waals surface area (Å²) in [6.45, 7) is 3.66. The van der Waals surface area contributed by atoms with Gasteiger partial charge < -0.3 is 4.98 Å². The van der Waals surface area contributed by atoms with Gasteiger partial charge in [0.2, 0.25) is 0 Å². The van der Waals surface area contributed by atoms with E-state index in [-0.39, 0.29) is 11.0 Å². The van der Waals surface area contributed by atoms with Crippen LogP contribution in [-0.2, 0) is 4.79 Å². The summed E-state index contributed by atoms with van der Waals surface area (Å²) in [6, 6.07) is 7.93. The number of imidazole rings is 1. The first kappa shape index (κ1) is 11.2. The Morgan fingerprint density at radius 3 is 2.94 bits per heavy atom. The van der Waals surface area contributed by atoms with Crippen LogP contribution in [0.2, 0.25) is 0 Å². The maximum atomic E-state index is 11.0. The monoisotopic (exact) mass is 234 g/mol. The summed E-state index contributed by atoms with van der Waals surface area (Å²) in [5, 5.41) is 1.15. The molecule has 2 rings (SSSR count). The predicted molar refractivity (Wildman–Crippen MR) is 66.7 cm³/mol. The van der Waals surface area contributed by atoms with Gasteiger partial charge in [-0.3, -0.25) is 4.79 Å². The predicted octanol–water partition coefficient (Wildman–Crippen LogP) is 3.02. The highest BCUT2D eigenvalue weighted by Gasteiger charge is 2.10. The number of hydrogen-bond acceptors (Lipinski definition) is 3. The lowest BCUT2D eigenvalue weighted by Gasteiger charge is -2.05. The minimum atomic E-state index is 0.219. The molecule has 0 aliphatic rings. The van der Waals surface area contributed by atoms with Crippen LogP contribution in [0.3, 0.4) is 0 Å². The number of nitrogens with zero attached hydrogens (tertiary/aromatic N) is 1. The number of Topliss-reactive ketones (excluding diaryl/α,β-unsaturated/α-hetero) is 1. The van der Waals surface area contributed by atoms with Crippen molar-refractivity contribution < 1.29 is 4.79 Å². The van der Waals surface area contributed by atoms with Crippen LogP contribution in [0.15, 0.2) is 29.4 Å². The summed E-state index contributed by atoms with van der Waals surface area (Å²) >= 11 is 1.61. The van der Waals surface area contributed by atoms with Crippen molar-refractivity contribution in [1.82, 2.24) is 9.97 Å². The van der Waals surface area contributed by atoms with E-state index in [1.165, 1.54) is 0 Å². The number of H-pyrrole nitrogens is 1. The van der Waals surface area contributed by atoms with Gasteiger partial charge in [-0.2, -0.15) is 0 Å². The fourth-order valence-corrected chi connectivity index (χ4v) is 2.64. The van der Waals surface area contributed by atoms with Crippen molar-refractivity contribution in [1.29, 1.82) is 0 Å². The third kappa shape index (κ3) is 2.64. The molecular weight excluding hydrogens is 220 g/mol. The second kappa shape index (κ2) is 4.70. The van der Waals surface area contributed by atoms with Crippen LogP contribution >= 0.6 is 11.8 Å². The Morgan fingerprint density at radius 2 is 2.25 bits per heavy atom. The summed E-state index contributed by atoms with van der Waals surface area (Å²) in [4.78, 5) is 18.7. The number of hydrogen-bond donors (Lipinski definition) is 1. The maximum Gasteiger partial charge on any atom is 0.166 e. The second-order valence-electron chi connectivity index (χ2n) is 3.89. The Balaban J connectivity index is 2.12. The van der Waals surface area contributed by atoms with Crippen LogP contribution in [-0.4, -0.2) is 21.0 Å². The Morgan fingerprint density at radius 1 is 1.50 bits per heavy atom. The number of thioether (sulfide) groups is 1. The van der Waals surface area contributed by atoms with E-state index < -0.39 is 0 Å². The molecule has 1 atom stereocenters. The fourth-order valence-electron chi connectivity index (χ4n) is 1.62. The zero-order chi connectivity index (χ0) is 11.5. The number of ketones is 1. The Labute approximate surface area is 98.7 Å². The standard InChI is InChI=1S/C12H14N2OS/c1-8(15)7-9(2)16-12-13-10-5-3-4-6-11(10)14-12/h3-6,9H,7H2,1-2H3,(H,13,14). The smallest absolute Gasteiger partial charge is 0.166 e. The number of para-hydroxylation sites is 2. The number of nitrogens with one attached hydrogen (secondary N) is 1. The molecule has 1 N–H and O–H groups in total. The quantitative estimate of drug-likeness (QED) is 0.827. The van der Waals surface area contributed by atoms with Gasteiger partial charge in [-0.05, 0) is 19.1 Å². The number of fused-ring (bicyclic) bond motifs is 1. The van der Waals surface area contributed by atoms with Gasteiger partial charge in [-0.25, -0.2) is 4.98 Å². The Kier molecular flexibility index (Phi) is 3.29. The van der Waals surface area contributed by atoms with Crippen molar-refractivity contribution in [3.63, 3.8) is 0 Å². The van der Waals surface area contributed by atoms with Crippen LogP contribution in [0, 0.1) is 0 Å². The van der Waals surface area contributed by atoms with Crippen molar-refractivity contribution in [3.05, 3.63) is 24.3 Å². The number of carbonyl (C=O) groups is 1. The third-order valence-corrected chi connectivity index (χ3v) is 3.24. The van der Waals surface area contributed by atoms with E-state index in [1.807, 2.05) is 31.2 Å². The molecular formula is C12H14N2OS. The van der Waals surface area contributed by atoms with Crippen LogP contribution in [0.4, 0.5) is 0 Å². The maximum absolute atomic E-state index is 11.0. The average Bonchev–Trinajstić information content (AvgIpc) is 2.57. The van der Waals surface area contributed by atoms with Crippen LogP contribution in [0.25, 0.3) is 11.0 Å². The molecule has 1 aromatic carbocycles. The van der Waals surface area contributed by atoms with Gasteiger partial charge in [0, 0.05) is 11.7 Å². The number of rotatable bonds is 4. The summed E-state index contributed by atoms with van der Waals surface area (Å²) in [7, 11) is 0. The molecule has 1 unspecified atom stereocenters. The topological polar surface area (TPSA) is 45.8 Å². The molecule has 0 saturated heterocycles. The molecule has 3 nitrogen and oxygen atoms in total. The van der Waals surface area contributed by atoms with Gasteiger partial charge in [0.15, 0.2) is 5.16 Å². The molecule has 2 aromatic rings. The molecule has 0 aliphatic carbocycles. The second-order valence-corrected chi connectivity index (χ2v) is 5.32. The molecule has 0 amide bonds. The van der Waals surface area contributed by atoms with E-state index in [2.05, 4.69) is 9.97 Å². The number of carbonyl (C=O) groups excluding carboxylic acids is 1. The molecule has 0 spiro atoms. The zero-order valence-corrected chi connectivity index (χ0v) is 10.2. The van der Waals surface area contributed by atoms with E-state index in [0.717, 1.165) is 16.2 Å². The largest absolute Gasteiger partial charge is 0.333 e. The summed E-state index contributed by atoms with van der Waals surface area (Å²) < 4.78 is 0. The van der Waals surface area contributed by atoms with Gasteiger partial charge in [0.05, 0.1) is 11.0 Å². The van der Waals surface area contributed by atoms with Crippen molar-refractivity contribution in [2.24, 2.45) is 0 Å². The van der Waals surface area contributed by atoms with E-state index in [9.17, 15) is 4.79 Å². The summed E-state index contributed by atoms with van der Waals surface area (Å²) in [5.41, 5.74) is 2.01. The molecule has 0 saturated carbocycles. The molecule has 4 heteroatoms. The van der Waals surface area contributed by atoms with E-state index in [0.29, 0.717) is 6.42 Å². The number of benzene rings is 1. The van der Waals surface area contributed by atoms with E-state index >= 15 is 0 Å². The minimum Gasteiger partial charge on any atom is -0.333 e. The molecule has 0 aliphatic heterocycles. The van der Waals surface area contributed by atoms with Crippen LogP contribution < -0.4 is 0 Å². The van der Waals surface area contributed by atoms with Gasteiger partial charge in [0.1, 0.15) is 5.78 Å². The minimum absolute atomic E-state index is 0.219. The van der Waals surface area contributed by atoms with Crippen molar-refractivity contribution in [3.8, 4) is 0 Å². The normalized spacial score (nSPS) is 12.9. The van der Waals surface area contributed by atoms with Gasteiger partial charge >= 0.3 is 0 Å². The molecule has 1 heterocycles. The van der Waals surface area contributed by atoms with Crippen LogP contribution in [0.5, 0.6) is 0 Å². The zero-order valence-electron chi connectivity index (χ0n) is 9.36. The lowest BCUT2D eigenvalue weighted by molar-refractivity contribution is -0.116. The first-order chi connectivity index (χ1) is 7.65. The molecule has 0 fully saturated rings. The Bertz CT molecular complexity index is 473.